The Hall–Kier alpha value is -1.16. The summed E-state index contributed by atoms with van der Waals surface area (Å²) in [6.45, 7) is 0.908. The third kappa shape index (κ3) is 4.40. The van der Waals surface area contributed by atoms with E-state index in [4.69, 9.17) is 12.2 Å². The molecule has 4 heteroatoms. The molecular formula is C17H25N3S. The lowest BCUT2D eigenvalue weighted by atomic mass is 10.1. The van der Waals surface area contributed by atoms with E-state index in [1.165, 1.54) is 56.9 Å². The summed E-state index contributed by atoms with van der Waals surface area (Å²) in [7, 11) is 0. The zero-order valence-corrected chi connectivity index (χ0v) is 13.4. The van der Waals surface area contributed by atoms with Gasteiger partial charge in [-0.05, 0) is 55.6 Å². The second kappa shape index (κ2) is 7.21. The van der Waals surface area contributed by atoms with Crippen LogP contribution in [0.1, 0.15) is 56.9 Å². The highest BCUT2D eigenvalue weighted by Gasteiger charge is 2.31. The quantitative estimate of drug-likeness (QED) is 0.679. The third-order valence-electron chi connectivity index (χ3n) is 4.53. The second-order valence-corrected chi connectivity index (χ2v) is 6.74. The minimum atomic E-state index is 0.582. The Labute approximate surface area is 133 Å². The van der Waals surface area contributed by atoms with Crippen LogP contribution in [0.15, 0.2) is 24.5 Å². The molecule has 0 atom stereocenters. The Morgan fingerprint density at radius 2 is 1.76 bits per heavy atom. The van der Waals surface area contributed by atoms with Crippen LogP contribution in [0.25, 0.3) is 0 Å². The van der Waals surface area contributed by atoms with Crippen LogP contribution in [-0.4, -0.2) is 27.1 Å². The molecule has 0 bridgehead atoms. The largest absolute Gasteiger partial charge is 0.360 e. The predicted molar refractivity (Wildman–Crippen MR) is 90.0 cm³/mol. The van der Waals surface area contributed by atoms with Crippen LogP contribution in [0, 0.1) is 0 Å². The first-order valence-corrected chi connectivity index (χ1v) is 8.70. The molecule has 1 aromatic heterocycles. The van der Waals surface area contributed by atoms with Gasteiger partial charge in [0.25, 0.3) is 0 Å². The van der Waals surface area contributed by atoms with Gasteiger partial charge in [0.1, 0.15) is 0 Å². The van der Waals surface area contributed by atoms with E-state index >= 15 is 0 Å². The van der Waals surface area contributed by atoms with Crippen LogP contribution in [0.5, 0.6) is 0 Å². The van der Waals surface area contributed by atoms with E-state index in [1.807, 2.05) is 12.4 Å². The maximum atomic E-state index is 5.72. The minimum Gasteiger partial charge on any atom is -0.360 e. The van der Waals surface area contributed by atoms with Crippen molar-refractivity contribution in [1.29, 1.82) is 0 Å². The van der Waals surface area contributed by atoms with Crippen molar-refractivity contribution in [1.82, 2.24) is 15.2 Å². The van der Waals surface area contributed by atoms with Gasteiger partial charge in [0.05, 0.1) is 0 Å². The topological polar surface area (TPSA) is 28.2 Å². The van der Waals surface area contributed by atoms with Crippen LogP contribution in [0.4, 0.5) is 0 Å². The molecule has 2 fully saturated rings. The molecule has 3 nitrogen and oxygen atoms in total. The summed E-state index contributed by atoms with van der Waals surface area (Å²) in [5.41, 5.74) is 1.29. The molecule has 2 aliphatic carbocycles. The molecule has 3 rings (SSSR count). The van der Waals surface area contributed by atoms with Crippen LogP contribution in [-0.2, 0) is 6.54 Å². The van der Waals surface area contributed by atoms with Gasteiger partial charge in [-0.2, -0.15) is 0 Å². The molecule has 1 N–H and O–H groups in total. The van der Waals surface area contributed by atoms with E-state index in [0.29, 0.717) is 12.1 Å². The number of thiocarbonyl (C=S) groups is 1. The Kier molecular flexibility index (Phi) is 5.07. The summed E-state index contributed by atoms with van der Waals surface area (Å²) < 4.78 is 0. The summed E-state index contributed by atoms with van der Waals surface area (Å²) in [6.07, 6.45) is 14.3. The highest BCUT2D eigenvalue weighted by Crippen LogP contribution is 2.29. The van der Waals surface area contributed by atoms with E-state index in [0.717, 1.165) is 11.7 Å². The normalized spacial score (nSPS) is 19.8. The molecule has 0 aromatic carbocycles. The fourth-order valence-corrected chi connectivity index (χ4v) is 3.50. The van der Waals surface area contributed by atoms with Crippen molar-refractivity contribution in [3.8, 4) is 0 Å². The molecule has 0 amide bonds. The lowest BCUT2D eigenvalue weighted by Gasteiger charge is -2.29. The Balaban J connectivity index is 1.59. The van der Waals surface area contributed by atoms with E-state index in [-0.39, 0.29) is 0 Å². The van der Waals surface area contributed by atoms with Crippen LogP contribution >= 0.6 is 12.2 Å². The Morgan fingerprint density at radius 1 is 1.10 bits per heavy atom. The number of nitrogens with zero attached hydrogens (tertiary/aromatic N) is 2. The first-order chi connectivity index (χ1) is 10.3. The van der Waals surface area contributed by atoms with Crippen LogP contribution < -0.4 is 5.32 Å². The molecule has 1 aromatic rings. The zero-order chi connectivity index (χ0) is 14.5. The molecular weight excluding hydrogens is 278 g/mol. The molecule has 0 aliphatic heterocycles. The monoisotopic (exact) mass is 303 g/mol. The minimum absolute atomic E-state index is 0.582. The summed E-state index contributed by atoms with van der Waals surface area (Å²) in [5, 5.41) is 4.60. The maximum absolute atomic E-state index is 5.72. The number of nitrogens with one attached hydrogen (secondary N) is 1. The number of hydrogen-bond donors (Lipinski definition) is 1. The van der Waals surface area contributed by atoms with Crippen molar-refractivity contribution in [2.75, 3.05) is 0 Å². The molecule has 2 saturated carbocycles. The summed E-state index contributed by atoms with van der Waals surface area (Å²) in [4.78, 5) is 6.48. The van der Waals surface area contributed by atoms with Gasteiger partial charge in [-0.25, -0.2) is 0 Å². The zero-order valence-electron chi connectivity index (χ0n) is 12.6. The standard InChI is InChI=1S/C17H25N3S/c21-17(19-15-5-3-1-2-4-6-15)20(16-7-8-16)13-14-9-11-18-12-10-14/h9-12,15-16H,1-8,13H2,(H,19,21). The van der Waals surface area contributed by atoms with Gasteiger partial charge in [0, 0.05) is 31.0 Å². The van der Waals surface area contributed by atoms with Crippen LogP contribution in [0.3, 0.4) is 0 Å². The molecule has 1 heterocycles. The lowest BCUT2D eigenvalue weighted by molar-refractivity contribution is 0.382. The first kappa shape index (κ1) is 14.8. The van der Waals surface area contributed by atoms with Gasteiger partial charge < -0.3 is 10.2 Å². The molecule has 0 spiro atoms. The van der Waals surface area contributed by atoms with E-state index in [1.54, 1.807) is 0 Å². The second-order valence-electron chi connectivity index (χ2n) is 6.35. The Bertz CT molecular complexity index is 450. The molecule has 0 saturated heterocycles. The van der Waals surface area contributed by atoms with Crippen molar-refractivity contribution in [2.45, 2.75) is 70.0 Å². The Morgan fingerprint density at radius 3 is 2.38 bits per heavy atom. The third-order valence-corrected chi connectivity index (χ3v) is 4.89. The van der Waals surface area contributed by atoms with Crippen molar-refractivity contribution in [2.24, 2.45) is 0 Å². The number of hydrogen-bond acceptors (Lipinski definition) is 2. The average Bonchev–Trinajstić information content (AvgIpc) is 3.33. The molecule has 114 valence electrons. The van der Waals surface area contributed by atoms with Crippen molar-refractivity contribution < 1.29 is 0 Å². The van der Waals surface area contributed by atoms with Crippen molar-refractivity contribution in [3.05, 3.63) is 30.1 Å². The first-order valence-electron chi connectivity index (χ1n) is 8.29. The lowest BCUT2D eigenvalue weighted by Crippen LogP contribution is -2.45. The van der Waals surface area contributed by atoms with E-state index < -0.39 is 0 Å². The molecule has 0 unspecified atom stereocenters. The fourth-order valence-electron chi connectivity index (χ4n) is 3.12. The van der Waals surface area contributed by atoms with Gasteiger partial charge in [-0.3, -0.25) is 4.98 Å². The van der Waals surface area contributed by atoms with Gasteiger partial charge in [-0.15, -0.1) is 0 Å². The molecule has 21 heavy (non-hydrogen) atoms. The van der Waals surface area contributed by atoms with Gasteiger partial charge in [0.2, 0.25) is 0 Å². The van der Waals surface area contributed by atoms with Gasteiger partial charge in [-0.1, -0.05) is 25.7 Å². The van der Waals surface area contributed by atoms with Gasteiger partial charge >= 0.3 is 0 Å². The van der Waals surface area contributed by atoms with Crippen molar-refractivity contribution >= 4 is 17.3 Å². The summed E-state index contributed by atoms with van der Waals surface area (Å²) >= 11 is 5.72. The van der Waals surface area contributed by atoms with E-state index in [9.17, 15) is 0 Å². The summed E-state index contributed by atoms with van der Waals surface area (Å²) in [5.74, 6) is 0. The summed E-state index contributed by atoms with van der Waals surface area (Å²) in [6, 6.07) is 5.40. The number of pyridine rings is 1. The van der Waals surface area contributed by atoms with Gasteiger partial charge in [0.15, 0.2) is 5.11 Å². The smallest absolute Gasteiger partial charge is 0.169 e. The highest BCUT2D eigenvalue weighted by atomic mass is 32.1. The number of aromatic nitrogens is 1. The number of rotatable bonds is 4. The van der Waals surface area contributed by atoms with E-state index in [2.05, 4.69) is 27.3 Å². The average molecular weight is 303 g/mol. The maximum Gasteiger partial charge on any atom is 0.169 e. The molecule has 0 radical (unpaired) electrons. The van der Waals surface area contributed by atoms with Crippen LogP contribution in [0.2, 0.25) is 0 Å². The predicted octanol–water partition coefficient (Wildman–Crippen LogP) is 3.64. The van der Waals surface area contributed by atoms with Crippen molar-refractivity contribution in [3.63, 3.8) is 0 Å². The SMILES string of the molecule is S=C(NC1CCCCCC1)N(Cc1ccncc1)C1CC1. The fraction of sp³-hybridized carbons (Fsp3) is 0.647. The highest BCUT2D eigenvalue weighted by molar-refractivity contribution is 7.80. The molecule has 2 aliphatic rings.